The zero-order chi connectivity index (χ0) is 14.9. The average molecular weight is 315 g/mol. The summed E-state index contributed by atoms with van der Waals surface area (Å²) in [7, 11) is -3.92. The first-order chi connectivity index (χ1) is 9.29. The highest BCUT2D eigenvalue weighted by molar-refractivity contribution is 7.92. The Kier molecular flexibility index (Phi) is 3.87. The summed E-state index contributed by atoms with van der Waals surface area (Å²) in [6.45, 7) is 1.76. The fraction of sp³-hybridized carbons (Fsp3) is 0.0769. The maximum absolute atomic E-state index is 13.5. The SMILES string of the molecule is Cc1ccc(S(=O)(=O)Nc2cc(Cl)ccc2F)cc1N. The van der Waals surface area contributed by atoms with Crippen LogP contribution in [0.2, 0.25) is 5.02 Å². The van der Waals surface area contributed by atoms with Gasteiger partial charge in [-0.2, -0.15) is 0 Å². The van der Waals surface area contributed by atoms with Crippen molar-refractivity contribution in [3.8, 4) is 0 Å². The minimum Gasteiger partial charge on any atom is -0.398 e. The highest BCUT2D eigenvalue weighted by Crippen LogP contribution is 2.24. The fourth-order valence-electron chi connectivity index (χ4n) is 1.57. The van der Waals surface area contributed by atoms with E-state index in [1.54, 1.807) is 13.0 Å². The molecule has 0 aliphatic heterocycles. The molecule has 0 saturated heterocycles. The predicted octanol–water partition coefficient (Wildman–Crippen LogP) is 3.17. The molecule has 0 bridgehead atoms. The number of halogens is 2. The van der Waals surface area contributed by atoms with Crippen LogP contribution in [0.25, 0.3) is 0 Å². The van der Waals surface area contributed by atoms with Gasteiger partial charge in [0, 0.05) is 10.7 Å². The quantitative estimate of drug-likeness (QED) is 0.855. The number of aryl methyl sites for hydroxylation is 1. The predicted molar refractivity (Wildman–Crippen MR) is 77.8 cm³/mol. The molecule has 0 spiro atoms. The van der Waals surface area contributed by atoms with E-state index in [-0.39, 0.29) is 15.6 Å². The molecule has 0 unspecified atom stereocenters. The maximum Gasteiger partial charge on any atom is 0.262 e. The van der Waals surface area contributed by atoms with E-state index >= 15 is 0 Å². The van der Waals surface area contributed by atoms with Crippen LogP contribution in [0.1, 0.15) is 5.56 Å². The number of nitrogen functional groups attached to an aromatic ring is 1. The minimum absolute atomic E-state index is 0.0417. The highest BCUT2D eigenvalue weighted by Gasteiger charge is 2.17. The van der Waals surface area contributed by atoms with E-state index < -0.39 is 15.8 Å². The third kappa shape index (κ3) is 3.02. The summed E-state index contributed by atoms with van der Waals surface area (Å²) >= 11 is 5.72. The van der Waals surface area contributed by atoms with Gasteiger partial charge in [-0.05, 0) is 42.8 Å². The Hall–Kier alpha value is -1.79. The van der Waals surface area contributed by atoms with Crippen LogP contribution in [-0.2, 0) is 10.0 Å². The van der Waals surface area contributed by atoms with Crippen molar-refractivity contribution in [2.75, 3.05) is 10.5 Å². The number of nitrogens with one attached hydrogen (secondary N) is 1. The van der Waals surface area contributed by atoms with Crippen LogP contribution in [0.4, 0.5) is 15.8 Å². The Morgan fingerprint density at radius 3 is 2.55 bits per heavy atom. The van der Waals surface area contributed by atoms with E-state index in [1.807, 2.05) is 0 Å². The van der Waals surface area contributed by atoms with E-state index in [0.717, 1.165) is 11.6 Å². The molecule has 106 valence electrons. The van der Waals surface area contributed by atoms with Gasteiger partial charge in [-0.15, -0.1) is 0 Å². The molecule has 0 radical (unpaired) electrons. The Morgan fingerprint density at radius 2 is 1.90 bits per heavy atom. The Bertz CT molecular complexity index is 763. The van der Waals surface area contributed by atoms with E-state index in [2.05, 4.69) is 4.72 Å². The molecule has 0 heterocycles. The molecule has 0 amide bonds. The van der Waals surface area contributed by atoms with Crippen LogP contribution >= 0.6 is 11.6 Å². The van der Waals surface area contributed by atoms with Gasteiger partial charge in [-0.3, -0.25) is 4.72 Å². The minimum atomic E-state index is -3.92. The first kappa shape index (κ1) is 14.6. The first-order valence-electron chi connectivity index (χ1n) is 5.63. The van der Waals surface area contributed by atoms with Crippen LogP contribution in [0.15, 0.2) is 41.3 Å². The van der Waals surface area contributed by atoms with Gasteiger partial charge in [0.1, 0.15) is 5.82 Å². The molecule has 0 aliphatic carbocycles. The summed E-state index contributed by atoms with van der Waals surface area (Å²) in [5.74, 6) is -0.710. The van der Waals surface area contributed by atoms with Crippen molar-refractivity contribution in [1.29, 1.82) is 0 Å². The van der Waals surface area contributed by atoms with Crippen LogP contribution in [0.3, 0.4) is 0 Å². The Labute approximate surface area is 121 Å². The number of anilines is 2. The Balaban J connectivity index is 2.40. The van der Waals surface area contributed by atoms with Crippen LogP contribution in [0.5, 0.6) is 0 Å². The van der Waals surface area contributed by atoms with E-state index in [0.29, 0.717) is 5.69 Å². The largest absolute Gasteiger partial charge is 0.398 e. The van der Waals surface area contributed by atoms with E-state index in [4.69, 9.17) is 17.3 Å². The third-order valence-electron chi connectivity index (χ3n) is 2.73. The van der Waals surface area contributed by atoms with Gasteiger partial charge in [0.15, 0.2) is 0 Å². The van der Waals surface area contributed by atoms with Gasteiger partial charge in [0.25, 0.3) is 10.0 Å². The molecule has 4 nitrogen and oxygen atoms in total. The molecule has 20 heavy (non-hydrogen) atoms. The first-order valence-corrected chi connectivity index (χ1v) is 7.50. The normalized spacial score (nSPS) is 11.3. The van der Waals surface area contributed by atoms with Crippen molar-refractivity contribution in [3.63, 3.8) is 0 Å². The van der Waals surface area contributed by atoms with Gasteiger partial charge >= 0.3 is 0 Å². The summed E-state index contributed by atoms with van der Waals surface area (Å²) in [6, 6.07) is 7.92. The van der Waals surface area contributed by atoms with Crippen molar-refractivity contribution < 1.29 is 12.8 Å². The standard InChI is InChI=1S/C13H12ClFN2O2S/c1-8-2-4-10(7-12(8)16)20(18,19)17-13-6-9(14)3-5-11(13)15/h2-7,17H,16H2,1H3. The number of hydrogen-bond donors (Lipinski definition) is 2. The topological polar surface area (TPSA) is 72.2 Å². The van der Waals surface area contributed by atoms with Crippen LogP contribution in [0, 0.1) is 12.7 Å². The van der Waals surface area contributed by atoms with E-state index in [9.17, 15) is 12.8 Å². The van der Waals surface area contributed by atoms with Crippen molar-refractivity contribution in [2.24, 2.45) is 0 Å². The summed E-state index contributed by atoms with van der Waals surface area (Å²) in [6.07, 6.45) is 0. The monoisotopic (exact) mass is 314 g/mol. The lowest BCUT2D eigenvalue weighted by molar-refractivity contribution is 0.598. The lowest BCUT2D eigenvalue weighted by Crippen LogP contribution is -2.14. The highest BCUT2D eigenvalue weighted by atomic mass is 35.5. The molecular weight excluding hydrogens is 303 g/mol. The van der Waals surface area contributed by atoms with Crippen molar-refractivity contribution in [2.45, 2.75) is 11.8 Å². The molecule has 7 heteroatoms. The van der Waals surface area contributed by atoms with Gasteiger partial charge in [0.2, 0.25) is 0 Å². The van der Waals surface area contributed by atoms with E-state index in [1.165, 1.54) is 24.3 Å². The molecule has 2 aromatic carbocycles. The number of nitrogens with two attached hydrogens (primary N) is 1. The van der Waals surface area contributed by atoms with Crippen molar-refractivity contribution in [3.05, 3.63) is 52.8 Å². The second-order valence-corrected chi connectivity index (χ2v) is 6.37. The lowest BCUT2D eigenvalue weighted by Gasteiger charge is -2.10. The second kappa shape index (κ2) is 5.30. The molecule has 2 aromatic rings. The Morgan fingerprint density at radius 1 is 1.20 bits per heavy atom. The van der Waals surface area contributed by atoms with Gasteiger partial charge in [-0.25, -0.2) is 12.8 Å². The average Bonchev–Trinajstić information content (AvgIpc) is 2.36. The molecule has 0 atom stereocenters. The lowest BCUT2D eigenvalue weighted by atomic mass is 10.2. The number of sulfonamides is 1. The zero-order valence-corrected chi connectivity index (χ0v) is 12.1. The summed E-state index contributed by atoms with van der Waals surface area (Å²) in [5, 5.41) is 0.229. The fourth-order valence-corrected chi connectivity index (χ4v) is 2.83. The summed E-state index contributed by atoms with van der Waals surface area (Å²) in [4.78, 5) is -0.0417. The zero-order valence-electron chi connectivity index (χ0n) is 10.5. The number of hydrogen-bond acceptors (Lipinski definition) is 3. The van der Waals surface area contributed by atoms with Crippen molar-refractivity contribution >= 4 is 33.0 Å². The molecule has 0 aliphatic rings. The summed E-state index contributed by atoms with van der Waals surface area (Å²) < 4.78 is 40.0. The van der Waals surface area contributed by atoms with Crippen molar-refractivity contribution in [1.82, 2.24) is 0 Å². The molecular formula is C13H12ClFN2O2S. The van der Waals surface area contributed by atoms with Crippen LogP contribution in [-0.4, -0.2) is 8.42 Å². The molecule has 0 saturated carbocycles. The summed E-state index contributed by atoms with van der Waals surface area (Å²) in [5.41, 5.74) is 6.57. The molecule has 0 aromatic heterocycles. The number of benzene rings is 2. The maximum atomic E-state index is 13.5. The number of rotatable bonds is 3. The molecule has 0 fully saturated rings. The van der Waals surface area contributed by atoms with Crippen LogP contribution < -0.4 is 10.5 Å². The second-order valence-electron chi connectivity index (χ2n) is 4.25. The van der Waals surface area contributed by atoms with Gasteiger partial charge in [0.05, 0.1) is 10.6 Å². The third-order valence-corrected chi connectivity index (χ3v) is 4.33. The molecule has 3 N–H and O–H groups in total. The molecule has 2 rings (SSSR count). The smallest absolute Gasteiger partial charge is 0.262 e. The van der Waals surface area contributed by atoms with Gasteiger partial charge < -0.3 is 5.73 Å². The van der Waals surface area contributed by atoms with Gasteiger partial charge in [-0.1, -0.05) is 17.7 Å².